The first-order valence-electron chi connectivity index (χ1n) is 5.65. The summed E-state index contributed by atoms with van der Waals surface area (Å²) in [6, 6.07) is 3.62. The maximum absolute atomic E-state index is 12.1. The fourth-order valence-electron chi connectivity index (χ4n) is 1.95. The van der Waals surface area contributed by atoms with E-state index in [4.69, 9.17) is 10.5 Å². The highest BCUT2D eigenvalue weighted by molar-refractivity contribution is 5.79. The van der Waals surface area contributed by atoms with Crippen molar-refractivity contribution in [3.05, 3.63) is 30.1 Å². The van der Waals surface area contributed by atoms with Crippen LogP contribution >= 0.6 is 0 Å². The number of ether oxygens (including phenoxy) is 1. The van der Waals surface area contributed by atoms with E-state index in [-0.39, 0.29) is 17.9 Å². The van der Waals surface area contributed by atoms with Crippen LogP contribution in [0.3, 0.4) is 0 Å². The Hall–Kier alpha value is -1.46. The summed E-state index contributed by atoms with van der Waals surface area (Å²) in [7, 11) is 1.78. The molecule has 2 atom stereocenters. The first-order valence-corrected chi connectivity index (χ1v) is 5.65. The third-order valence-electron chi connectivity index (χ3n) is 2.96. The largest absolute Gasteiger partial charge is 0.379 e. The summed E-state index contributed by atoms with van der Waals surface area (Å²) >= 11 is 0. The molecule has 0 aromatic carbocycles. The highest BCUT2D eigenvalue weighted by Gasteiger charge is 2.33. The number of pyridine rings is 1. The molecule has 1 aromatic rings. The van der Waals surface area contributed by atoms with Gasteiger partial charge in [0.2, 0.25) is 5.91 Å². The van der Waals surface area contributed by atoms with Gasteiger partial charge < -0.3 is 15.4 Å². The third-order valence-corrected chi connectivity index (χ3v) is 2.96. The number of nitrogens with two attached hydrogens (primary N) is 1. The standard InChI is InChI=1S/C12H17N3O2/c1-15(6-9-3-2-4-14-5-9)12(16)10-7-17-8-11(10)13/h2-5,10-11H,6-8,13H2,1H3. The number of rotatable bonds is 3. The highest BCUT2D eigenvalue weighted by Crippen LogP contribution is 2.15. The topological polar surface area (TPSA) is 68.5 Å². The number of hydrogen-bond donors (Lipinski definition) is 1. The Labute approximate surface area is 101 Å². The molecular weight excluding hydrogens is 218 g/mol. The second-order valence-electron chi connectivity index (χ2n) is 4.36. The zero-order valence-corrected chi connectivity index (χ0v) is 9.87. The molecule has 92 valence electrons. The summed E-state index contributed by atoms with van der Waals surface area (Å²) < 4.78 is 5.21. The third kappa shape index (κ3) is 2.81. The Morgan fingerprint density at radius 1 is 1.65 bits per heavy atom. The molecule has 0 spiro atoms. The fourth-order valence-corrected chi connectivity index (χ4v) is 1.95. The van der Waals surface area contributed by atoms with E-state index in [0.29, 0.717) is 19.8 Å². The van der Waals surface area contributed by atoms with Crippen LogP contribution in [-0.2, 0) is 16.1 Å². The molecule has 1 amide bonds. The fraction of sp³-hybridized carbons (Fsp3) is 0.500. The Morgan fingerprint density at radius 2 is 2.47 bits per heavy atom. The average Bonchev–Trinajstić information content (AvgIpc) is 2.76. The molecule has 5 heteroatoms. The van der Waals surface area contributed by atoms with Gasteiger partial charge in [0, 0.05) is 32.0 Å². The zero-order valence-electron chi connectivity index (χ0n) is 9.87. The van der Waals surface area contributed by atoms with Crippen molar-refractivity contribution in [2.45, 2.75) is 12.6 Å². The minimum atomic E-state index is -0.211. The van der Waals surface area contributed by atoms with Crippen LogP contribution in [0.25, 0.3) is 0 Å². The summed E-state index contributed by atoms with van der Waals surface area (Å²) in [5, 5.41) is 0. The average molecular weight is 235 g/mol. The van der Waals surface area contributed by atoms with Crippen molar-refractivity contribution in [1.82, 2.24) is 9.88 Å². The van der Waals surface area contributed by atoms with Crippen LogP contribution in [0, 0.1) is 5.92 Å². The highest BCUT2D eigenvalue weighted by atomic mass is 16.5. The maximum Gasteiger partial charge on any atom is 0.229 e. The van der Waals surface area contributed by atoms with Gasteiger partial charge in [0.15, 0.2) is 0 Å². The lowest BCUT2D eigenvalue weighted by atomic mass is 10.0. The molecule has 2 heterocycles. The van der Waals surface area contributed by atoms with Crippen LogP contribution in [0.1, 0.15) is 5.56 Å². The SMILES string of the molecule is CN(Cc1cccnc1)C(=O)C1COCC1N. The molecule has 0 radical (unpaired) electrons. The van der Waals surface area contributed by atoms with Gasteiger partial charge >= 0.3 is 0 Å². The molecule has 1 aromatic heterocycles. The molecule has 0 bridgehead atoms. The molecule has 1 aliphatic heterocycles. The van der Waals surface area contributed by atoms with Crippen LogP contribution in [0.4, 0.5) is 0 Å². The molecule has 17 heavy (non-hydrogen) atoms. The monoisotopic (exact) mass is 235 g/mol. The van der Waals surface area contributed by atoms with Crippen LogP contribution in [0.2, 0.25) is 0 Å². The van der Waals surface area contributed by atoms with E-state index >= 15 is 0 Å². The summed E-state index contributed by atoms with van der Waals surface area (Å²) in [4.78, 5) is 17.8. The summed E-state index contributed by atoms with van der Waals surface area (Å²) in [6.45, 7) is 1.45. The summed E-state index contributed by atoms with van der Waals surface area (Å²) in [5.41, 5.74) is 6.84. The minimum Gasteiger partial charge on any atom is -0.379 e. The van der Waals surface area contributed by atoms with E-state index in [2.05, 4.69) is 4.98 Å². The molecule has 2 rings (SSSR count). The lowest BCUT2D eigenvalue weighted by Gasteiger charge is -2.22. The molecule has 0 saturated carbocycles. The van der Waals surface area contributed by atoms with Crippen molar-refractivity contribution in [2.75, 3.05) is 20.3 Å². The van der Waals surface area contributed by atoms with Gasteiger partial charge in [0.05, 0.1) is 19.1 Å². The predicted octanol–water partition coefficient (Wildman–Crippen LogP) is 0.0137. The van der Waals surface area contributed by atoms with Gasteiger partial charge in [-0.3, -0.25) is 9.78 Å². The van der Waals surface area contributed by atoms with E-state index in [1.54, 1.807) is 24.3 Å². The number of carbonyl (C=O) groups is 1. The van der Waals surface area contributed by atoms with Crippen LogP contribution in [-0.4, -0.2) is 42.1 Å². The second-order valence-corrected chi connectivity index (χ2v) is 4.36. The van der Waals surface area contributed by atoms with Crippen LogP contribution < -0.4 is 5.73 Å². The smallest absolute Gasteiger partial charge is 0.229 e. The molecule has 5 nitrogen and oxygen atoms in total. The van der Waals surface area contributed by atoms with Crippen molar-refractivity contribution in [3.63, 3.8) is 0 Å². The molecule has 1 aliphatic rings. The Morgan fingerprint density at radius 3 is 3.06 bits per heavy atom. The van der Waals surface area contributed by atoms with Crippen molar-refractivity contribution < 1.29 is 9.53 Å². The first-order chi connectivity index (χ1) is 8.18. The van der Waals surface area contributed by atoms with Gasteiger partial charge in [0.25, 0.3) is 0 Å². The number of hydrogen-bond acceptors (Lipinski definition) is 4. The number of amides is 1. The first kappa shape index (κ1) is 12.0. The predicted molar refractivity (Wildman–Crippen MR) is 63.0 cm³/mol. The summed E-state index contributed by atoms with van der Waals surface area (Å²) in [5.74, 6) is -0.171. The zero-order chi connectivity index (χ0) is 12.3. The van der Waals surface area contributed by atoms with Gasteiger partial charge in [-0.1, -0.05) is 6.07 Å². The summed E-state index contributed by atoms with van der Waals surface area (Å²) in [6.07, 6.45) is 3.47. The van der Waals surface area contributed by atoms with E-state index in [1.807, 2.05) is 12.1 Å². The Balaban J connectivity index is 1.96. The molecule has 2 N–H and O–H groups in total. The van der Waals surface area contributed by atoms with Crippen molar-refractivity contribution in [2.24, 2.45) is 11.7 Å². The lowest BCUT2D eigenvalue weighted by Crippen LogP contribution is -2.41. The van der Waals surface area contributed by atoms with Crippen molar-refractivity contribution in [3.8, 4) is 0 Å². The number of nitrogens with zero attached hydrogens (tertiary/aromatic N) is 2. The van der Waals surface area contributed by atoms with E-state index in [9.17, 15) is 4.79 Å². The van der Waals surface area contributed by atoms with Gasteiger partial charge in [-0.2, -0.15) is 0 Å². The van der Waals surface area contributed by atoms with Gasteiger partial charge in [-0.15, -0.1) is 0 Å². The number of aromatic nitrogens is 1. The Bertz CT molecular complexity index is 383. The lowest BCUT2D eigenvalue weighted by molar-refractivity contribution is -0.135. The molecule has 1 fully saturated rings. The Kier molecular flexibility index (Phi) is 3.71. The maximum atomic E-state index is 12.1. The van der Waals surface area contributed by atoms with Gasteiger partial charge in [-0.05, 0) is 11.6 Å². The molecule has 1 saturated heterocycles. The van der Waals surface area contributed by atoms with E-state index in [1.165, 1.54) is 0 Å². The van der Waals surface area contributed by atoms with Gasteiger partial charge in [-0.25, -0.2) is 0 Å². The van der Waals surface area contributed by atoms with Crippen LogP contribution in [0.15, 0.2) is 24.5 Å². The van der Waals surface area contributed by atoms with E-state index in [0.717, 1.165) is 5.56 Å². The molecular formula is C12H17N3O2. The quantitative estimate of drug-likeness (QED) is 0.801. The number of carbonyl (C=O) groups excluding carboxylic acids is 1. The van der Waals surface area contributed by atoms with E-state index < -0.39 is 0 Å². The second kappa shape index (κ2) is 5.25. The molecule has 2 unspecified atom stereocenters. The van der Waals surface area contributed by atoms with Crippen LogP contribution in [0.5, 0.6) is 0 Å². The normalized spacial score (nSPS) is 23.6. The van der Waals surface area contributed by atoms with Gasteiger partial charge in [0.1, 0.15) is 0 Å². The van der Waals surface area contributed by atoms with Crippen molar-refractivity contribution in [1.29, 1.82) is 0 Å². The molecule has 0 aliphatic carbocycles. The van der Waals surface area contributed by atoms with Crippen molar-refractivity contribution >= 4 is 5.91 Å². The minimum absolute atomic E-state index is 0.0406.